The van der Waals surface area contributed by atoms with Crippen molar-refractivity contribution in [2.45, 2.75) is 52.3 Å². The van der Waals surface area contributed by atoms with Crippen LogP contribution in [0.5, 0.6) is 17.2 Å². The molecule has 0 fully saturated rings. The van der Waals surface area contributed by atoms with Gasteiger partial charge in [-0.1, -0.05) is 6.92 Å². The smallest absolute Gasteiger partial charge is 0.321 e. The van der Waals surface area contributed by atoms with Crippen molar-refractivity contribution in [1.29, 1.82) is 0 Å². The first kappa shape index (κ1) is 29.8. The number of aliphatic hydroxyl groups is 1. The monoisotopic (exact) mass is 569 g/mol. The highest BCUT2D eigenvalue weighted by Gasteiger charge is 2.32. The van der Waals surface area contributed by atoms with Gasteiger partial charge in [-0.25, -0.2) is 9.59 Å². The summed E-state index contributed by atoms with van der Waals surface area (Å²) in [5, 5.41) is 18.3. The lowest BCUT2D eigenvalue weighted by Crippen LogP contribution is -2.48. The predicted molar refractivity (Wildman–Crippen MR) is 153 cm³/mol. The van der Waals surface area contributed by atoms with E-state index in [-0.39, 0.29) is 56.3 Å². The predicted octanol–water partition coefficient (Wildman–Crippen LogP) is 3.26. The number of amides is 5. The normalized spacial score (nSPS) is 18.8. The van der Waals surface area contributed by atoms with Crippen LogP contribution in [0.1, 0.15) is 33.3 Å². The molecule has 0 saturated heterocycles. The molecule has 2 aromatic rings. The SMILES string of the molecule is CC(C)NC(=O)Nc1ccc2c(c1)CC(=O)N([C@@H](C)CO)C[C@H](C)[C@@H](CN(C)C(=O)Nc1ccc3c(c1)OCO3)O2. The van der Waals surface area contributed by atoms with Gasteiger partial charge in [-0.2, -0.15) is 0 Å². The molecule has 0 unspecified atom stereocenters. The van der Waals surface area contributed by atoms with Crippen LogP contribution in [0.4, 0.5) is 21.0 Å². The number of anilines is 2. The highest BCUT2D eigenvalue weighted by molar-refractivity contribution is 5.90. The summed E-state index contributed by atoms with van der Waals surface area (Å²) in [6, 6.07) is 9.20. The second-order valence-corrected chi connectivity index (χ2v) is 10.8. The number of hydrogen-bond acceptors (Lipinski definition) is 7. The van der Waals surface area contributed by atoms with E-state index in [2.05, 4.69) is 16.0 Å². The second-order valence-electron chi connectivity index (χ2n) is 10.8. The van der Waals surface area contributed by atoms with Gasteiger partial charge in [0.2, 0.25) is 12.7 Å². The van der Waals surface area contributed by atoms with Crippen molar-refractivity contribution in [2.75, 3.05) is 44.2 Å². The van der Waals surface area contributed by atoms with Gasteiger partial charge in [0.05, 0.1) is 25.6 Å². The molecule has 12 nitrogen and oxygen atoms in total. The number of likely N-dealkylation sites (N-methyl/N-ethyl adjacent to an activating group) is 1. The molecule has 2 aliphatic heterocycles. The molecule has 2 aromatic carbocycles. The molecule has 0 bridgehead atoms. The fraction of sp³-hybridized carbons (Fsp3) is 0.483. The average Bonchev–Trinajstić information content (AvgIpc) is 3.40. The number of urea groups is 2. The Balaban J connectivity index is 1.55. The highest BCUT2D eigenvalue weighted by atomic mass is 16.7. The molecule has 0 saturated carbocycles. The zero-order chi connectivity index (χ0) is 29.7. The summed E-state index contributed by atoms with van der Waals surface area (Å²) < 4.78 is 17.2. The number of aliphatic hydroxyl groups excluding tert-OH is 1. The molecule has 0 spiro atoms. The summed E-state index contributed by atoms with van der Waals surface area (Å²) >= 11 is 0. The highest BCUT2D eigenvalue weighted by Crippen LogP contribution is 2.34. The molecule has 4 rings (SSSR count). The lowest BCUT2D eigenvalue weighted by atomic mass is 10.0. The minimum atomic E-state index is -0.483. The Morgan fingerprint density at radius 3 is 2.44 bits per heavy atom. The third-order valence-corrected chi connectivity index (χ3v) is 7.02. The maximum absolute atomic E-state index is 13.4. The molecule has 4 N–H and O–H groups in total. The molecular weight excluding hydrogens is 530 g/mol. The number of carbonyl (C=O) groups is 3. The molecule has 3 atom stereocenters. The lowest BCUT2D eigenvalue weighted by molar-refractivity contribution is -0.134. The fourth-order valence-corrected chi connectivity index (χ4v) is 4.70. The Labute approximate surface area is 239 Å². The van der Waals surface area contributed by atoms with E-state index >= 15 is 0 Å². The maximum atomic E-state index is 13.4. The van der Waals surface area contributed by atoms with Crippen molar-refractivity contribution in [1.82, 2.24) is 15.1 Å². The van der Waals surface area contributed by atoms with Gasteiger partial charge in [-0.05, 0) is 51.1 Å². The van der Waals surface area contributed by atoms with E-state index in [0.717, 1.165) is 0 Å². The van der Waals surface area contributed by atoms with Crippen LogP contribution in [0.3, 0.4) is 0 Å². The summed E-state index contributed by atoms with van der Waals surface area (Å²) in [5.74, 6) is 1.33. The summed E-state index contributed by atoms with van der Waals surface area (Å²) in [5.41, 5.74) is 1.68. The summed E-state index contributed by atoms with van der Waals surface area (Å²) in [6.07, 6.45) is -0.454. The van der Waals surface area contributed by atoms with Crippen LogP contribution in [0.2, 0.25) is 0 Å². The number of nitrogens with zero attached hydrogens (tertiary/aromatic N) is 2. The van der Waals surface area contributed by atoms with Gasteiger partial charge in [0, 0.05) is 48.6 Å². The van der Waals surface area contributed by atoms with Crippen LogP contribution >= 0.6 is 0 Å². The Morgan fingerprint density at radius 1 is 1.05 bits per heavy atom. The third-order valence-electron chi connectivity index (χ3n) is 7.02. The fourth-order valence-electron chi connectivity index (χ4n) is 4.70. The van der Waals surface area contributed by atoms with E-state index in [1.165, 1.54) is 4.90 Å². The number of benzene rings is 2. The molecule has 2 heterocycles. The van der Waals surface area contributed by atoms with Crippen molar-refractivity contribution in [3.8, 4) is 17.2 Å². The van der Waals surface area contributed by atoms with E-state index in [1.54, 1.807) is 55.3 Å². The van der Waals surface area contributed by atoms with Crippen molar-refractivity contribution in [2.24, 2.45) is 5.92 Å². The first-order valence-electron chi connectivity index (χ1n) is 13.7. The van der Waals surface area contributed by atoms with E-state index in [0.29, 0.717) is 40.7 Å². The lowest BCUT2D eigenvalue weighted by Gasteiger charge is -2.34. The molecule has 12 heteroatoms. The Bertz CT molecular complexity index is 1270. The molecule has 5 amide bonds. The standard InChI is InChI=1S/C29H39N5O7/c1-17(2)30-28(37)31-21-6-8-23-20(10-21)11-27(36)34(19(4)15-35)13-18(3)26(41-23)14-33(5)29(38)32-22-7-9-24-25(12-22)40-16-39-24/h6-10,12,17-19,26,35H,11,13-16H2,1-5H3,(H,32,38)(H2,30,31,37)/t18-,19-,26+/m0/s1. The average molecular weight is 570 g/mol. The first-order chi connectivity index (χ1) is 19.5. The number of hydrogen-bond donors (Lipinski definition) is 4. The molecular formula is C29H39N5O7. The molecule has 0 radical (unpaired) electrons. The van der Waals surface area contributed by atoms with Crippen molar-refractivity contribution in [3.63, 3.8) is 0 Å². The van der Waals surface area contributed by atoms with Crippen molar-refractivity contribution in [3.05, 3.63) is 42.0 Å². The van der Waals surface area contributed by atoms with Gasteiger partial charge in [-0.3, -0.25) is 4.79 Å². The Hall–Kier alpha value is -4.19. The number of rotatable bonds is 7. The van der Waals surface area contributed by atoms with Gasteiger partial charge in [0.25, 0.3) is 0 Å². The van der Waals surface area contributed by atoms with Gasteiger partial charge >= 0.3 is 12.1 Å². The van der Waals surface area contributed by atoms with Crippen LogP contribution in [0.25, 0.3) is 0 Å². The zero-order valence-electron chi connectivity index (χ0n) is 24.1. The third kappa shape index (κ3) is 7.51. The van der Waals surface area contributed by atoms with Crippen LogP contribution < -0.4 is 30.2 Å². The summed E-state index contributed by atoms with van der Waals surface area (Å²) in [7, 11) is 1.67. The molecule has 41 heavy (non-hydrogen) atoms. The van der Waals surface area contributed by atoms with E-state index in [1.807, 2.05) is 20.8 Å². The number of nitrogens with one attached hydrogen (secondary N) is 3. The summed E-state index contributed by atoms with van der Waals surface area (Å²) in [4.78, 5) is 41.9. The topological polar surface area (TPSA) is 142 Å². The van der Waals surface area contributed by atoms with Crippen molar-refractivity contribution >= 4 is 29.3 Å². The molecule has 0 aromatic heterocycles. The van der Waals surface area contributed by atoms with E-state index < -0.39 is 12.1 Å². The minimum absolute atomic E-state index is 0.0286. The molecule has 2 aliphatic rings. The van der Waals surface area contributed by atoms with Gasteiger partial charge in [0.1, 0.15) is 11.9 Å². The quantitative estimate of drug-likeness (QED) is 0.401. The second kappa shape index (κ2) is 13.0. The maximum Gasteiger partial charge on any atom is 0.321 e. The Morgan fingerprint density at radius 2 is 1.73 bits per heavy atom. The Kier molecular flexibility index (Phi) is 9.43. The minimum Gasteiger partial charge on any atom is -0.488 e. The van der Waals surface area contributed by atoms with Crippen LogP contribution in [0.15, 0.2) is 36.4 Å². The number of carbonyl (C=O) groups excluding carboxylic acids is 3. The van der Waals surface area contributed by atoms with E-state index in [9.17, 15) is 19.5 Å². The zero-order valence-corrected chi connectivity index (χ0v) is 24.1. The van der Waals surface area contributed by atoms with Gasteiger partial charge in [0.15, 0.2) is 11.5 Å². The molecule has 0 aliphatic carbocycles. The van der Waals surface area contributed by atoms with E-state index in [4.69, 9.17) is 14.2 Å². The molecule has 222 valence electrons. The summed E-state index contributed by atoms with van der Waals surface area (Å²) in [6.45, 7) is 7.98. The van der Waals surface area contributed by atoms with Crippen LogP contribution in [-0.2, 0) is 11.2 Å². The number of ether oxygens (including phenoxy) is 3. The van der Waals surface area contributed by atoms with Gasteiger partial charge < -0.3 is 45.1 Å². The van der Waals surface area contributed by atoms with Gasteiger partial charge in [-0.15, -0.1) is 0 Å². The number of fused-ring (bicyclic) bond motifs is 2. The van der Waals surface area contributed by atoms with Crippen molar-refractivity contribution < 1.29 is 33.7 Å². The first-order valence-corrected chi connectivity index (χ1v) is 13.7. The largest absolute Gasteiger partial charge is 0.488 e. The van der Waals surface area contributed by atoms with Crippen LogP contribution in [-0.4, -0.2) is 84.6 Å². The van der Waals surface area contributed by atoms with Crippen LogP contribution in [0, 0.1) is 5.92 Å².